The Hall–Kier alpha value is -0.420. The van der Waals surface area contributed by atoms with Crippen LogP contribution in [0.2, 0.25) is 0 Å². The van der Waals surface area contributed by atoms with E-state index in [1.807, 2.05) is 11.8 Å². The van der Waals surface area contributed by atoms with Gasteiger partial charge in [-0.3, -0.25) is 0 Å². The zero-order valence-corrected chi connectivity index (χ0v) is 12.6. The van der Waals surface area contributed by atoms with Gasteiger partial charge in [-0.2, -0.15) is 11.8 Å². The Bertz CT molecular complexity index is 283. The highest BCUT2D eigenvalue weighted by Gasteiger charge is 2.25. The van der Waals surface area contributed by atoms with E-state index < -0.39 is 0 Å². The maximum atomic E-state index is 11.9. The maximum absolute atomic E-state index is 11.9. The molecular weight excluding hydrogens is 260 g/mol. The number of carbonyl (C=O) groups excluding carboxylic acids is 1. The molecule has 1 heterocycles. The molecule has 0 spiro atoms. The average Bonchev–Trinajstić information content (AvgIpc) is 2.92. The van der Waals surface area contributed by atoms with Crippen LogP contribution in [0, 0.1) is 0 Å². The van der Waals surface area contributed by atoms with Crippen LogP contribution in [0.4, 0.5) is 4.79 Å². The molecule has 2 rings (SSSR count). The summed E-state index contributed by atoms with van der Waals surface area (Å²) in [4.78, 5) is 11.9. The number of hydrogen-bond donors (Lipinski definition) is 2. The summed E-state index contributed by atoms with van der Waals surface area (Å²) in [5, 5.41) is 6.68. The summed E-state index contributed by atoms with van der Waals surface area (Å²) in [5.41, 5.74) is 0. The third-order valence-electron chi connectivity index (χ3n) is 4.10. The normalized spacial score (nSPS) is 31.1. The molecule has 5 heteroatoms. The average molecular weight is 286 g/mol. The van der Waals surface area contributed by atoms with Crippen molar-refractivity contribution in [3.8, 4) is 0 Å². The van der Waals surface area contributed by atoms with Gasteiger partial charge in [0.15, 0.2) is 0 Å². The van der Waals surface area contributed by atoms with Crippen LogP contribution in [0.15, 0.2) is 0 Å². The van der Waals surface area contributed by atoms with Gasteiger partial charge in [0.1, 0.15) is 0 Å². The van der Waals surface area contributed by atoms with Gasteiger partial charge in [0.2, 0.25) is 0 Å². The Kier molecular flexibility index (Phi) is 6.31. The van der Waals surface area contributed by atoms with Gasteiger partial charge in [-0.1, -0.05) is 12.8 Å². The molecule has 0 aromatic carbocycles. The summed E-state index contributed by atoms with van der Waals surface area (Å²) in [6.07, 6.45) is 10.6. The highest BCUT2D eigenvalue weighted by molar-refractivity contribution is 7.99. The summed E-state index contributed by atoms with van der Waals surface area (Å²) in [7, 11) is 0. The Morgan fingerprint density at radius 3 is 2.84 bits per heavy atom. The molecule has 110 valence electrons. The molecule has 2 aliphatic rings. The summed E-state index contributed by atoms with van der Waals surface area (Å²) < 4.78 is 5.54. The van der Waals surface area contributed by atoms with Gasteiger partial charge < -0.3 is 15.4 Å². The van der Waals surface area contributed by atoms with E-state index in [0.717, 1.165) is 32.3 Å². The third kappa shape index (κ3) is 4.88. The number of thioether (sulfide) groups is 1. The molecule has 2 N–H and O–H groups in total. The number of rotatable bonds is 5. The van der Waals surface area contributed by atoms with E-state index in [0.29, 0.717) is 23.9 Å². The highest BCUT2D eigenvalue weighted by Crippen LogP contribution is 2.27. The van der Waals surface area contributed by atoms with Crippen LogP contribution in [-0.2, 0) is 4.74 Å². The van der Waals surface area contributed by atoms with E-state index in [-0.39, 0.29) is 6.03 Å². The minimum absolute atomic E-state index is 0.0102. The highest BCUT2D eigenvalue weighted by atomic mass is 32.2. The number of urea groups is 1. The molecule has 2 amide bonds. The molecule has 1 aliphatic carbocycles. The molecule has 0 aromatic heterocycles. The molecule has 4 nitrogen and oxygen atoms in total. The third-order valence-corrected chi connectivity index (χ3v) is 5.27. The van der Waals surface area contributed by atoms with E-state index in [1.54, 1.807) is 0 Å². The van der Waals surface area contributed by atoms with E-state index in [9.17, 15) is 4.79 Å². The molecule has 0 bridgehead atoms. The Labute approximate surface area is 120 Å². The summed E-state index contributed by atoms with van der Waals surface area (Å²) in [6.45, 7) is 1.60. The van der Waals surface area contributed by atoms with E-state index >= 15 is 0 Å². The molecule has 3 unspecified atom stereocenters. The fraction of sp³-hybridized carbons (Fsp3) is 0.929. The molecule has 0 radical (unpaired) electrons. The second-order valence-corrected chi connectivity index (χ2v) is 6.57. The zero-order valence-electron chi connectivity index (χ0n) is 11.8. The number of nitrogens with one attached hydrogen (secondary N) is 2. The lowest BCUT2D eigenvalue weighted by atomic mass is 9.95. The second-order valence-electron chi connectivity index (χ2n) is 5.49. The van der Waals surface area contributed by atoms with E-state index in [1.165, 1.54) is 19.3 Å². The van der Waals surface area contributed by atoms with Crippen molar-refractivity contribution in [2.45, 2.75) is 62.3 Å². The Balaban J connectivity index is 1.62. The van der Waals surface area contributed by atoms with Gasteiger partial charge in [0, 0.05) is 24.4 Å². The first kappa shape index (κ1) is 15.0. The summed E-state index contributed by atoms with van der Waals surface area (Å²) >= 11 is 1.88. The van der Waals surface area contributed by atoms with Crippen molar-refractivity contribution in [1.29, 1.82) is 0 Å². The Morgan fingerprint density at radius 2 is 2.11 bits per heavy atom. The van der Waals surface area contributed by atoms with E-state index in [2.05, 4.69) is 16.9 Å². The van der Waals surface area contributed by atoms with Crippen LogP contribution in [-0.4, -0.2) is 42.8 Å². The van der Waals surface area contributed by atoms with Crippen LogP contribution in [0.25, 0.3) is 0 Å². The first-order valence-electron chi connectivity index (χ1n) is 7.48. The van der Waals surface area contributed by atoms with Gasteiger partial charge in [0.25, 0.3) is 0 Å². The van der Waals surface area contributed by atoms with Crippen LogP contribution in [0.3, 0.4) is 0 Å². The van der Waals surface area contributed by atoms with Crippen molar-refractivity contribution >= 4 is 17.8 Å². The van der Waals surface area contributed by atoms with Crippen molar-refractivity contribution in [3.05, 3.63) is 0 Å². The minimum atomic E-state index is -0.0102. The smallest absolute Gasteiger partial charge is 0.315 e. The molecule has 1 saturated heterocycles. The van der Waals surface area contributed by atoms with Gasteiger partial charge >= 0.3 is 6.03 Å². The largest absolute Gasteiger partial charge is 0.378 e. The van der Waals surface area contributed by atoms with Gasteiger partial charge in [-0.25, -0.2) is 4.79 Å². The Morgan fingerprint density at radius 1 is 1.26 bits per heavy atom. The molecule has 19 heavy (non-hydrogen) atoms. The monoisotopic (exact) mass is 286 g/mol. The standard InChI is InChI=1S/C14H26N2O2S/c1-19-13-7-3-2-6-12(13)16-14(17)15-9-8-11-5-4-10-18-11/h11-13H,2-10H2,1H3,(H2,15,16,17). The topological polar surface area (TPSA) is 50.4 Å². The van der Waals surface area contributed by atoms with Crippen molar-refractivity contribution in [1.82, 2.24) is 10.6 Å². The maximum Gasteiger partial charge on any atom is 0.315 e. The molecule has 3 atom stereocenters. The lowest BCUT2D eigenvalue weighted by Crippen LogP contribution is -2.48. The number of ether oxygens (including phenoxy) is 1. The van der Waals surface area contributed by atoms with Crippen molar-refractivity contribution in [2.24, 2.45) is 0 Å². The minimum Gasteiger partial charge on any atom is -0.378 e. The summed E-state index contributed by atoms with van der Waals surface area (Å²) in [6, 6.07) is 0.329. The first-order chi connectivity index (χ1) is 9.29. The number of carbonyl (C=O) groups is 1. The second kappa shape index (κ2) is 8.00. The van der Waals surface area contributed by atoms with Crippen molar-refractivity contribution < 1.29 is 9.53 Å². The summed E-state index contributed by atoms with van der Waals surface area (Å²) in [5.74, 6) is 0. The molecule has 1 aliphatic heterocycles. The predicted octanol–water partition coefficient (Wildman–Crippen LogP) is 2.53. The number of amides is 2. The number of hydrogen-bond acceptors (Lipinski definition) is 3. The first-order valence-corrected chi connectivity index (χ1v) is 8.77. The van der Waals surface area contributed by atoms with Crippen LogP contribution in [0.1, 0.15) is 44.9 Å². The van der Waals surface area contributed by atoms with Gasteiger partial charge in [-0.05, 0) is 38.4 Å². The zero-order chi connectivity index (χ0) is 13.5. The quantitative estimate of drug-likeness (QED) is 0.816. The molecule has 2 fully saturated rings. The van der Waals surface area contributed by atoms with Crippen LogP contribution in [0.5, 0.6) is 0 Å². The van der Waals surface area contributed by atoms with Crippen LogP contribution >= 0.6 is 11.8 Å². The van der Waals surface area contributed by atoms with Crippen LogP contribution < -0.4 is 10.6 Å². The van der Waals surface area contributed by atoms with Crippen molar-refractivity contribution in [3.63, 3.8) is 0 Å². The molecule has 1 saturated carbocycles. The predicted molar refractivity (Wildman–Crippen MR) is 79.7 cm³/mol. The van der Waals surface area contributed by atoms with Gasteiger partial charge in [-0.15, -0.1) is 0 Å². The van der Waals surface area contributed by atoms with Crippen molar-refractivity contribution in [2.75, 3.05) is 19.4 Å². The fourth-order valence-electron chi connectivity index (χ4n) is 2.98. The molecular formula is C14H26N2O2S. The van der Waals surface area contributed by atoms with E-state index in [4.69, 9.17) is 4.74 Å². The lowest BCUT2D eigenvalue weighted by molar-refractivity contribution is 0.104. The lowest BCUT2D eigenvalue weighted by Gasteiger charge is -2.30. The van der Waals surface area contributed by atoms with Gasteiger partial charge in [0.05, 0.1) is 6.10 Å². The SMILES string of the molecule is CSC1CCCCC1NC(=O)NCCC1CCCO1. The fourth-order valence-corrected chi connectivity index (χ4v) is 3.92. The molecule has 0 aromatic rings.